The topological polar surface area (TPSA) is 55.6 Å². The zero-order valence-corrected chi connectivity index (χ0v) is 13.1. The maximum atomic E-state index is 12.6. The summed E-state index contributed by atoms with van der Waals surface area (Å²) in [6, 6.07) is 3.20. The Labute approximate surface area is 128 Å². The van der Waals surface area contributed by atoms with Crippen LogP contribution in [0.2, 0.25) is 10.0 Å². The number of nitrogen functional groups attached to an aromatic ring is 1. The van der Waals surface area contributed by atoms with Crippen LogP contribution in [0.5, 0.6) is 0 Å². The monoisotopic (exact) mass is 316 g/mol. The molecule has 0 aliphatic heterocycles. The van der Waals surface area contributed by atoms with E-state index in [1.54, 1.807) is 31.2 Å². The number of methoxy groups -OCH3 is 1. The van der Waals surface area contributed by atoms with Crippen LogP contribution < -0.4 is 5.73 Å². The van der Waals surface area contributed by atoms with Gasteiger partial charge in [-0.15, -0.1) is 0 Å². The Morgan fingerprint density at radius 2 is 2.10 bits per heavy atom. The summed E-state index contributed by atoms with van der Waals surface area (Å²) in [6.07, 6.45) is 2.96. The van der Waals surface area contributed by atoms with Gasteiger partial charge in [-0.2, -0.15) is 0 Å². The predicted octanol–water partition coefficient (Wildman–Crippen LogP) is 3.22. The molecule has 110 valence electrons. The molecule has 2 rings (SSSR count). The van der Waals surface area contributed by atoms with Crippen molar-refractivity contribution < 1.29 is 9.53 Å². The van der Waals surface area contributed by atoms with Gasteiger partial charge in [0.1, 0.15) is 0 Å². The Bertz CT molecular complexity index is 530. The van der Waals surface area contributed by atoms with Crippen molar-refractivity contribution in [1.82, 2.24) is 4.90 Å². The zero-order chi connectivity index (χ0) is 14.9. The molecule has 4 nitrogen and oxygen atoms in total. The van der Waals surface area contributed by atoms with Gasteiger partial charge < -0.3 is 15.4 Å². The van der Waals surface area contributed by atoms with Gasteiger partial charge in [-0.1, -0.05) is 23.2 Å². The Kier molecular flexibility index (Phi) is 4.47. The number of anilines is 1. The molecular formula is C14H18Cl2N2O2. The van der Waals surface area contributed by atoms with E-state index in [0.29, 0.717) is 17.2 Å². The molecule has 0 bridgehead atoms. The van der Waals surface area contributed by atoms with Crippen LogP contribution in [0.4, 0.5) is 5.69 Å². The van der Waals surface area contributed by atoms with E-state index in [1.165, 1.54) is 0 Å². The minimum absolute atomic E-state index is 0.155. The van der Waals surface area contributed by atoms with E-state index in [0.717, 1.165) is 19.3 Å². The van der Waals surface area contributed by atoms with Gasteiger partial charge in [0.15, 0.2) is 0 Å². The van der Waals surface area contributed by atoms with Crippen molar-refractivity contribution >= 4 is 34.8 Å². The first kappa shape index (κ1) is 15.4. The van der Waals surface area contributed by atoms with Crippen molar-refractivity contribution in [1.29, 1.82) is 0 Å². The number of likely N-dealkylation sites (N-methyl/N-ethyl adjacent to an activating group) is 1. The number of hydrogen-bond donors (Lipinski definition) is 1. The highest BCUT2D eigenvalue weighted by molar-refractivity contribution is 6.44. The number of rotatable bonds is 4. The number of carbonyl (C=O) groups excluding carboxylic acids is 1. The lowest BCUT2D eigenvalue weighted by Crippen LogP contribution is -2.57. The lowest BCUT2D eigenvalue weighted by molar-refractivity contribution is -0.0185. The summed E-state index contributed by atoms with van der Waals surface area (Å²) in [5, 5.41) is 0.568. The van der Waals surface area contributed by atoms with Gasteiger partial charge in [-0.3, -0.25) is 4.79 Å². The Hall–Kier alpha value is -0.970. The summed E-state index contributed by atoms with van der Waals surface area (Å²) in [4.78, 5) is 14.4. The van der Waals surface area contributed by atoms with Crippen LogP contribution >= 0.6 is 23.2 Å². The predicted molar refractivity (Wildman–Crippen MR) is 81.4 cm³/mol. The van der Waals surface area contributed by atoms with E-state index in [-0.39, 0.29) is 22.2 Å². The van der Waals surface area contributed by atoms with E-state index >= 15 is 0 Å². The lowest BCUT2D eigenvalue weighted by atomic mass is 9.76. The summed E-state index contributed by atoms with van der Waals surface area (Å²) in [5.74, 6) is -0.155. The standard InChI is InChI=1S/C14H18Cl2N2O2/c1-18(14(8-20-2)6-3-7-14)13(19)9-4-5-10(15)11(16)12(9)17/h4-5H,3,6-8,17H2,1-2H3. The van der Waals surface area contributed by atoms with Crippen LogP contribution in [-0.4, -0.2) is 37.1 Å². The normalized spacial score (nSPS) is 16.6. The number of halogens is 2. The molecule has 0 heterocycles. The first-order valence-corrected chi connectivity index (χ1v) is 7.19. The van der Waals surface area contributed by atoms with Crippen molar-refractivity contribution in [2.75, 3.05) is 26.5 Å². The van der Waals surface area contributed by atoms with Crippen LogP contribution in [-0.2, 0) is 4.74 Å². The number of hydrogen-bond acceptors (Lipinski definition) is 3. The third kappa shape index (κ3) is 2.48. The summed E-state index contributed by atoms with van der Waals surface area (Å²) in [7, 11) is 3.42. The molecule has 0 unspecified atom stereocenters. The highest BCUT2D eigenvalue weighted by atomic mass is 35.5. The average molecular weight is 317 g/mol. The Balaban J connectivity index is 2.29. The maximum absolute atomic E-state index is 12.6. The molecule has 0 radical (unpaired) electrons. The first-order valence-electron chi connectivity index (χ1n) is 6.43. The SMILES string of the molecule is COCC1(N(C)C(=O)c2ccc(Cl)c(Cl)c2N)CCC1. The number of amides is 1. The third-order valence-corrected chi connectivity index (χ3v) is 4.90. The van der Waals surface area contributed by atoms with Gasteiger partial charge in [0.2, 0.25) is 0 Å². The quantitative estimate of drug-likeness (QED) is 0.868. The molecule has 1 aliphatic carbocycles. The lowest BCUT2D eigenvalue weighted by Gasteiger charge is -2.48. The molecule has 0 saturated heterocycles. The fraction of sp³-hybridized carbons (Fsp3) is 0.500. The van der Waals surface area contributed by atoms with Gasteiger partial charge in [-0.05, 0) is 31.4 Å². The van der Waals surface area contributed by atoms with Crippen LogP contribution in [0.25, 0.3) is 0 Å². The van der Waals surface area contributed by atoms with Gasteiger partial charge in [0.25, 0.3) is 5.91 Å². The smallest absolute Gasteiger partial charge is 0.256 e. The first-order chi connectivity index (χ1) is 9.43. The molecule has 0 aromatic heterocycles. The molecule has 1 aromatic carbocycles. The highest BCUT2D eigenvalue weighted by Crippen LogP contribution is 2.39. The Morgan fingerprint density at radius 3 is 2.60 bits per heavy atom. The van der Waals surface area contributed by atoms with Gasteiger partial charge in [-0.25, -0.2) is 0 Å². The third-order valence-electron chi connectivity index (χ3n) is 4.08. The molecular weight excluding hydrogens is 299 g/mol. The van der Waals surface area contributed by atoms with Crippen LogP contribution in [0.1, 0.15) is 29.6 Å². The molecule has 20 heavy (non-hydrogen) atoms. The van der Waals surface area contributed by atoms with Crippen molar-refractivity contribution in [3.8, 4) is 0 Å². The van der Waals surface area contributed by atoms with E-state index in [4.69, 9.17) is 33.7 Å². The van der Waals surface area contributed by atoms with Gasteiger partial charge in [0, 0.05) is 14.2 Å². The van der Waals surface area contributed by atoms with Crippen molar-refractivity contribution in [2.24, 2.45) is 0 Å². The summed E-state index contributed by atoms with van der Waals surface area (Å²) in [6.45, 7) is 0.524. The fourth-order valence-corrected chi connectivity index (χ4v) is 2.91. The van der Waals surface area contributed by atoms with E-state index in [9.17, 15) is 4.79 Å². The minimum atomic E-state index is -0.232. The number of benzene rings is 1. The maximum Gasteiger partial charge on any atom is 0.256 e. The molecule has 1 saturated carbocycles. The second kappa shape index (κ2) is 5.80. The van der Waals surface area contributed by atoms with Crippen LogP contribution in [0.3, 0.4) is 0 Å². The van der Waals surface area contributed by atoms with Crippen LogP contribution in [0.15, 0.2) is 12.1 Å². The van der Waals surface area contributed by atoms with E-state index in [2.05, 4.69) is 0 Å². The minimum Gasteiger partial charge on any atom is -0.397 e. The number of carbonyl (C=O) groups is 1. The van der Waals surface area contributed by atoms with E-state index < -0.39 is 0 Å². The van der Waals surface area contributed by atoms with Gasteiger partial charge in [0.05, 0.1) is 33.4 Å². The van der Waals surface area contributed by atoms with Crippen molar-refractivity contribution in [2.45, 2.75) is 24.8 Å². The highest BCUT2D eigenvalue weighted by Gasteiger charge is 2.43. The number of nitrogens with two attached hydrogens (primary N) is 1. The number of ether oxygens (including phenoxy) is 1. The van der Waals surface area contributed by atoms with Crippen LogP contribution in [0, 0.1) is 0 Å². The largest absolute Gasteiger partial charge is 0.397 e. The summed E-state index contributed by atoms with van der Waals surface area (Å²) < 4.78 is 5.26. The zero-order valence-electron chi connectivity index (χ0n) is 11.6. The summed E-state index contributed by atoms with van der Waals surface area (Å²) >= 11 is 11.9. The molecule has 1 amide bonds. The molecule has 1 aromatic rings. The number of nitrogens with zero attached hydrogens (tertiary/aromatic N) is 1. The second-order valence-corrected chi connectivity index (χ2v) is 5.98. The van der Waals surface area contributed by atoms with E-state index in [1.807, 2.05) is 0 Å². The average Bonchev–Trinajstić information content (AvgIpc) is 2.39. The van der Waals surface area contributed by atoms with Crippen molar-refractivity contribution in [3.63, 3.8) is 0 Å². The molecule has 1 fully saturated rings. The second-order valence-electron chi connectivity index (χ2n) is 5.20. The van der Waals surface area contributed by atoms with Crippen molar-refractivity contribution in [3.05, 3.63) is 27.7 Å². The molecule has 2 N–H and O–H groups in total. The Morgan fingerprint density at radius 1 is 1.45 bits per heavy atom. The summed E-state index contributed by atoms with van der Waals surface area (Å²) in [5.41, 5.74) is 6.28. The molecule has 6 heteroatoms. The molecule has 1 aliphatic rings. The molecule has 0 spiro atoms. The van der Waals surface area contributed by atoms with Gasteiger partial charge >= 0.3 is 0 Å². The fourth-order valence-electron chi connectivity index (χ4n) is 2.58. The molecule has 0 atom stereocenters.